The summed E-state index contributed by atoms with van der Waals surface area (Å²) in [5.41, 5.74) is 1.20. The number of hydrogen-bond donors (Lipinski definition) is 1. The molecule has 1 aliphatic heterocycles. The van der Waals surface area contributed by atoms with Crippen molar-refractivity contribution in [3.63, 3.8) is 0 Å². The molecular formula is C15H22BrNO2. The Balaban J connectivity index is 1.94. The van der Waals surface area contributed by atoms with Gasteiger partial charge in [-0.2, -0.15) is 0 Å². The minimum atomic E-state index is 0.0849. The Morgan fingerprint density at radius 2 is 2.42 bits per heavy atom. The summed E-state index contributed by atoms with van der Waals surface area (Å²) in [7, 11) is 0. The maximum Gasteiger partial charge on any atom is 0.0950 e. The van der Waals surface area contributed by atoms with Gasteiger partial charge in [0.05, 0.1) is 18.8 Å². The molecule has 4 heteroatoms. The number of benzene rings is 1. The Hall–Kier alpha value is -0.420. The smallest absolute Gasteiger partial charge is 0.0950 e. The zero-order chi connectivity index (χ0) is 13.5. The summed E-state index contributed by atoms with van der Waals surface area (Å²) in [6, 6.07) is 8.32. The first-order valence-electron chi connectivity index (χ1n) is 6.99. The topological polar surface area (TPSA) is 30.5 Å². The highest BCUT2D eigenvalue weighted by Crippen LogP contribution is 2.22. The lowest BCUT2D eigenvalue weighted by molar-refractivity contribution is -0.0208. The summed E-state index contributed by atoms with van der Waals surface area (Å²) in [5, 5.41) is 3.36. The van der Waals surface area contributed by atoms with Gasteiger partial charge < -0.3 is 14.8 Å². The largest absolute Gasteiger partial charge is 0.376 e. The summed E-state index contributed by atoms with van der Waals surface area (Å²) in [5.74, 6) is 0. The molecule has 1 aromatic carbocycles. The van der Waals surface area contributed by atoms with E-state index in [9.17, 15) is 0 Å². The van der Waals surface area contributed by atoms with E-state index in [0.29, 0.717) is 6.61 Å². The van der Waals surface area contributed by atoms with Crippen molar-refractivity contribution in [2.24, 2.45) is 0 Å². The minimum Gasteiger partial charge on any atom is -0.376 e. The Bertz CT molecular complexity index is 380. The van der Waals surface area contributed by atoms with Gasteiger partial charge in [-0.3, -0.25) is 0 Å². The van der Waals surface area contributed by atoms with Gasteiger partial charge in [0.2, 0.25) is 0 Å². The van der Waals surface area contributed by atoms with Crippen molar-refractivity contribution < 1.29 is 9.47 Å². The van der Waals surface area contributed by atoms with E-state index in [1.54, 1.807) is 0 Å². The molecule has 1 fully saturated rings. The van der Waals surface area contributed by atoms with Gasteiger partial charge in [0.1, 0.15) is 0 Å². The van der Waals surface area contributed by atoms with Gasteiger partial charge in [-0.05, 0) is 37.1 Å². The van der Waals surface area contributed by atoms with E-state index in [0.717, 1.165) is 37.0 Å². The van der Waals surface area contributed by atoms with Crippen LogP contribution in [0.2, 0.25) is 0 Å². The third kappa shape index (κ3) is 4.88. The van der Waals surface area contributed by atoms with E-state index in [1.807, 2.05) is 12.1 Å². The van der Waals surface area contributed by atoms with Crippen LogP contribution in [-0.4, -0.2) is 32.4 Å². The molecule has 2 rings (SSSR count). The highest BCUT2D eigenvalue weighted by atomic mass is 79.9. The molecule has 0 radical (unpaired) electrons. The zero-order valence-electron chi connectivity index (χ0n) is 11.4. The quantitative estimate of drug-likeness (QED) is 0.833. The molecule has 1 saturated heterocycles. The average molecular weight is 328 g/mol. The molecule has 0 amide bonds. The summed E-state index contributed by atoms with van der Waals surface area (Å²) >= 11 is 3.52. The Labute approximate surface area is 123 Å². The van der Waals surface area contributed by atoms with Crippen molar-refractivity contribution >= 4 is 15.9 Å². The lowest BCUT2D eigenvalue weighted by Gasteiger charge is -2.21. The fraction of sp³-hybridized carbons (Fsp3) is 0.600. The van der Waals surface area contributed by atoms with Crippen molar-refractivity contribution in [3.05, 3.63) is 34.3 Å². The Morgan fingerprint density at radius 3 is 3.11 bits per heavy atom. The molecule has 2 atom stereocenters. The standard InChI is InChI=1S/C15H22BrNO2/c1-2-17-10-15(12-5-3-6-13(16)9-12)19-11-14-7-4-8-18-14/h3,5-6,9,14-15,17H,2,4,7-8,10-11H2,1H3. The maximum absolute atomic E-state index is 6.06. The van der Waals surface area contributed by atoms with Crippen LogP contribution in [0.4, 0.5) is 0 Å². The van der Waals surface area contributed by atoms with Crippen molar-refractivity contribution in [2.75, 3.05) is 26.3 Å². The number of rotatable bonds is 7. The Kier molecular flexibility index (Phi) is 6.31. The summed E-state index contributed by atoms with van der Waals surface area (Å²) in [6.07, 6.45) is 2.63. The molecule has 0 aliphatic carbocycles. The lowest BCUT2D eigenvalue weighted by atomic mass is 10.1. The zero-order valence-corrected chi connectivity index (χ0v) is 13.0. The lowest BCUT2D eigenvalue weighted by Crippen LogP contribution is -2.26. The fourth-order valence-electron chi connectivity index (χ4n) is 2.25. The van der Waals surface area contributed by atoms with Crippen LogP contribution in [0.1, 0.15) is 31.4 Å². The predicted molar refractivity (Wildman–Crippen MR) is 80.4 cm³/mol. The van der Waals surface area contributed by atoms with E-state index in [2.05, 4.69) is 40.3 Å². The maximum atomic E-state index is 6.06. The molecule has 1 aromatic rings. The monoisotopic (exact) mass is 327 g/mol. The van der Waals surface area contributed by atoms with Crippen LogP contribution in [0.3, 0.4) is 0 Å². The number of ether oxygens (including phenoxy) is 2. The van der Waals surface area contributed by atoms with Gasteiger partial charge in [0.15, 0.2) is 0 Å². The molecule has 106 valence electrons. The van der Waals surface area contributed by atoms with Crippen molar-refractivity contribution in [3.8, 4) is 0 Å². The fourth-order valence-corrected chi connectivity index (χ4v) is 2.67. The summed E-state index contributed by atoms with van der Waals surface area (Å²) in [6.45, 7) is 5.46. The van der Waals surface area contributed by atoms with E-state index in [1.165, 1.54) is 5.56 Å². The van der Waals surface area contributed by atoms with Crippen LogP contribution >= 0.6 is 15.9 Å². The van der Waals surface area contributed by atoms with Crippen LogP contribution in [0.15, 0.2) is 28.7 Å². The van der Waals surface area contributed by atoms with E-state index < -0.39 is 0 Å². The van der Waals surface area contributed by atoms with Gasteiger partial charge in [-0.1, -0.05) is 35.0 Å². The van der Waals surface area contributed by atoms with Gasteiger partial charge in [0, 0.05) is 17.6 Å². The van der Waals surface area contributed by atoms with Crippen molar-refractivity contribution in [2.45, 2.75) is 32.0 Å². The minimum absolute atomic E-state index is 0.0849. The molecule has 3 nitrogen and oxygen atoms in total. The van der Waals surface area contributed by atoms with Crippen LogP contribution < -0.4 is 5.32 Å². The molecule has 0 aromatic heterocycles. The van der Waals surface area contributed by atoms with E-state index >= 15 is 0 Å². The normalized spacial score (nSPS) is 20.6. The van der Waals surface area contributed by atoms with Crippen LogP contribution in [0.25, 0.3) is 0 Å². The molecular weight excluding hydrogens is 306 g/mol. The first-order valence-corrected chi connectivity index (χ1v) is 7.78. The predicted octanol–water partition coefficient (Wildman–Crippen LogP) is 3.30. The second-order valence-electron chi connectivity index (χ2n) is 4.82. The van der Waals surface area contributed by atoms with Gasteiger partial charge in [0.25, 0.3) is 0 Å². The van der Waals surface area contributed by atoms with Gasteiger partial charge >= 0.3 is 0 Å². The van der Waals surface area contributed by atoms with Gasteiger partial charge in [-0.25, -0.2) is 0 Å². The van der Waals surface area contributed by atoms with Crippen LogP contribution in [-0.2, 0) is 9.47 Å². The second kappa shape index (κ2) is 8.00. The third-order valence-corrected chi connectivity index (χ3v) is 3.80. The molecule has 0 saturated carbocycles. The number of halogens is 1. The van der Waals surface area contributed by atoms with Crippen LogP contribution in [0, 0.1) is 0 Å². The van der Waals surface area contributed by atoms with Crippen molar-refractivity contribution in [1.29, 1.82) is 0 Å². The van der Waals surface area contributed by atoms with E-state index in [4.69, 9.17) is 9.47 Å². The highest BCUT2D eigenvalue weighted by molar-refractivity contribution is 9.10. The SMILES string of the molecule is CCNCC(OCC1CCCO1)c1cccc(Br)c1. The van der Waals surface area contributed by atoms with Crippen LogP contribution in [0.5, 0.6) is 0 Å². The van der Waals surface area contributed by atoms with Gasteiger partial charge in [-0.15, -0.1) is 0 Å². The molecule has 19 heavy (non-hydrogen) atoms. The number of nitrogens with one attached hydrogen (secondary N) is 1. The molecule has 0 bridgehead atoms. The third-order valence-electron chi connectivity index (χ3n) is 3.31. The highest BCUT2D eigenvalue weighted by Gasteiger charge is 2.19. The average Bonchev–Trinajstić information content (AvgIpc) is 2.92. The molecule has 0 spiro atoms. The first kappa shape index (κ1) is 15.0. The van der Waals surface area contributed by atoms with Crippen molar-refractivity contribution in [1.82, 2.24) is 5.32 Å². The van der Waals surface area contributed by atoms with E-state index in [-0.39, 0.29) is 12.2 Å². The summed E-state index contributed by atoms with van der Waals surface area (Å²) < 4.78 is 12.8. The number of likely N-dealkylation sites (N-methyl/N-ethyl adjacent to an activating group) is 1. The number of hydrogen-bond acceptors (Lipinski definition) is 3. The summed E-state index contributed by atoms with van der Waals surface area (Å²) in [4.78, 5) is 0. The molecule has 1 N–H and O–H groups in total. The second-order valence-corrected chi connectivity index (χ2v) is 5.74. The first-order chi connectivity index (χ1) is 9.29. The Morgan fingerprint density at radius 1 is 1.53 bits per heavy atom. The molecule has 1 aliphatic rings. The molecule has 1 heterocycles. The molecule has 2 unspecified atom stereocenters.